The monoisotopic (exact) mass is 385 g/mol. The van der Waals surface area contributed by atoms with Crippen molar-refractivity contribution < 1.29 is 13.6 Å². The number of nitrogens with zero attached hydrogens (tertiary/aromatic N) is 1. The van der Waals surface area contributed by atoms with Gasteiger partial charge in [-0.15, -0.1) is 0 Å². The van der Waals surface area contributed by atoms with Crippen molar-refractivity contribution >= 4 is 5.78 Å². The fraction of sp³-hybridized carbons (Fsp3) is 0.583. The topological polar surface area (TPSA) is 56.2 Å². The van der Waals surface area contributed by atoms with E-state index in [9.17, 15) is 4.79 Å². The van der Waals surface area contributed by atoms with E-state index in [1.807, 2.05) is 0 Å². The second kappa shape index (κ2) is 14.0. The van der Waals surface area contributed by atoms with Crippen molar-refractivity contribution in [3.05, 3.63) is 42.8 Å². The average Bonchev–Trinajstić information content (AvgIpc) is 3.39. The lowest BCUT2D eigenvalue weighted by Gasteiger charge is -1.99. The Hall–Kier alpha value is -2.10. The van der Waals surface area contributed by atoms with Crippen LogP contribution in [0.25, 0.3) is 11.3 Å². The fourth-order valence-corrected chi connectivity index (χ4v) is 3.23. The van der Waals surface area contributed by atoms with Gasteiger partial charge in [-0.25, -0.2) is 4.98 Å². The maximum absolute atomic E-state index is 12.2. The molecule has 0 aliphatic heterocycles. The predicted octanol–water partition coefficient (Wildman–Crippen LogP) is 7.76. The van der Waals surface area contributed by atoms with Gasteiger partial charge in [-0.05, 0) is 38.2 Å². The maximum atomic E-state index is 12.2. The van der Waals surface area contributed by atoms with Crippen LogP contribution in [0.4, 0.5) is 0 Å². The number of ketones is 1. The highest BCUT2D eigenvalue weighted by molar-refractivity contribution is 5.91. The lowest BCUT2D eigenvalue weighted by Crippen LogP contribution is -1.98. The van der Waals surface area contributed by atoms with Crippen molar-refractivity contribution in [3.63, 3.8) is 0 Å². The zero-order valence-corrected chi connectivity index (χ0v) is 17.3. The van der Waals surface area contributed by atoms with E-state index in [0.717, 1.165) is 24.8 Å². The number of unbranched alkanes of at least 4 members (excludes halogenated alkanes) is 10. The van der Waals surface area contributed by atoms with Crippen LogP contribution in [0.3, 0.4) is 0 Å². The Balaban J connectivity index is 1.45. The van der Waals surface area contributed by atoms with Gasteiger partial charge in [0.2, 0.25) is 5.78 Å². The van der Waals surface area contributed by atoms with E-state index < -0.39 is 0 Å². The van der Waals surface area contributed by atoms with Crippen LogP contribution in [0.5, 0.6) is 0 Å². The van der Waals surface area contributed by atoms with E-state index in [1.165, 1.54) is 57.8 Å². The number of Topliss-reactive ketones (excluding diaryl/α,β-unsaturated/α-hetero) is 1. The molecule has 4 heteroatoms. The molecule has 28 heavy (non-hydrogen) atoms. The number of carbonyl (C=O) groups is 1. The van der Waals surface area contributed by atoms with E-state index in [-0.39, 0.29) is 11.7 Å². The Labute approximate surface area is 169 Å². The van der Waals surface area contributed by atoms with Gasteiger partial charge in [0.25, 0.3) is 5.89 Å². The van der Waals surface area contributed by atoms with Crippen LogP contribution in [0.15, 0.2) is 45.8 Å². The van der Waals surface area contributed by atoms with Gasteiger partial charge in [-0.2, -0.15) is 0 Å². The van der Waals surface area contributed by atoms with Crippen molar-refractivity contribution in [2.24, 2.45) is 0 Å². The van der Waals surface area contributed by atoms with Gasteiger partial charge in [0.1, 0.15) is 6.26 Å². The fourth-order valence-electron chi connectivity index (χ4n) is 3.23. The van der Waals surface area contributed by atoms with E-state index in [2.05, 4.69) is 24.1 Å². The molecule has 0 spiro atoms. The zero-order chi connectivity index (χ0) is 19.9. The Morgan fingerprint density at radius 1 is 0.964 bits per heavy atom. The largest absolute Gasteiger partial charge is 0.472 e. The van der Waals surface area contributed by atoms with Crippen LogP contribution in [-0.4, -0.2) is 10.8 Å². The van der Waals surface area contributed by atoms with Crippen LogP contribution in [-0.2, 0) is 0 Å². The summed E-state index contributed by atoms with van der Waals surface area (Å²) in [5, 5.41) is 0. The first-order valence-corrected chi connectivity index (χ1v) is 11.0. The van der Waals surface area contributed by atoms with Crippen molar-refractivity contribution in [3.8, 4) is 11.3 Å². The maximum Gasteiger partial charge on any atom is 0.263 e. The average molecular weight is 386 g/mol. The van der Waals surface area contributed by atoms with E-state index >= 15 is 0 Å². The molecule has 0 fully saturated rings. The molecule has 2 rings (SSSR count). The SMILES string of the molecule is CCCCCCCC/C=C\CCCCCCC(=O)c1ncc(-c2ccoc2)o1. The molecule has 0 aromatic carbocycles. The third-order valence-corrected chi connectivity index (χ3v) is 4.97. The molecule has 2 aromatic rings. The molecule has 0 aliphatic rings. The molecule has 0 saturated heterocycles. The third-order valence-electron chi connectivity index (χ3n) is 4.97. The van der Waals surface area contributed by atoms with Gasteiger partial charge in [-0.1, -0.05) is 64.0 Å². The second-order valence-electron chi connectivity index (χ2n) is 7.45. The molecule has 154 valence electrons. The summed E-state index contributed by atoms with van der Waals surface area (Å²) in [4.78, 5) is 16.2. The molecule has 4 nitrogen and oxygen atoms in total. The number of aromatic nitrogens is 1. The number of rotatable bonds is 16. The first-order chi connectivity index (χ1) is 13.8. The molecule has 0 amide bonds. The highest BCUT2D eigenvalue weighted by atomic mass is 16.4. The molecule has 2 heterocycles. The smallest absolute Gasteiger partial charge is 0.263 e. The zero-order valence-electron chi connectivity index (χ0n) is 17.3. The van der Waals surface area contributed by atoms with Gasteiger partial charge >= 0.3 is 0 Å². The highest BCUT2D eigenvalue weighted by Gasteiger charge is 2.14. The predicted molar refractivity (Wildman–Crippen MR) is 113 cm³/mol. The first-order valence-electron chi connectivity index (χ1n) is 11.0. The van der Waals surface area contributed by atoms with Gasteiger partial charge < -0.3 is 8.83 Å². The summed E-state index contributed by atoms with van der Waals surface area (Å²) in [7, 11) is 0. The molecular formula is C24H35NO3. The number of hydrogen-bond acceptors (Lipinski definition) is 4. The Morgan fingerprint density at radius 3 is 2.32 bits per heavy atom. The van der Waals surface area contributed by atoms with E-state index in [0.29, 0.717) is 12.2 Å². The summed E-state index contributed by atoms with van der Waals surface area (Å²) in [6.45, 7) is 2.26. The third kappa shape index (κ3) is 8.73. The van der Waals surface area contributed by atoms with Crippen molar-refractivity contribution in [2.45, 2.75) is 90.4 Å². The van der Waals surface area contributed by atoms with Crippen LogP contribution < -0.4 is 0 Å². The van der Waals surface area contributed by atoms with Crippen molar-refractivity contribution in [1.82, 2.24) is 4.98 Å². The number of allylic oxidation sites excluding steroid dienone is 2. The van der Waals surface area contributed by atoms with Crippen LogP contribution in [0.2, 0.25) is 0 Å². The number of oxazole rings is 1. The number of furan rings is 1. The lowest BCUT2D eigenvalue weighted by atomic mass is 10.1. The molecular weight excluding hydrogens is 350 g/mol. The molecule has 0 aliphatic carbocycles. The first kappa shape index (κ1) is 22.2. The van der Waals surface area contributed by atoms with Crippen molar-refractivity contribution in [1.29, 1.82) is 0 Å². The van der Waals surface area contributed by atoms with Gasteiger partial charge in [-0.3, -0.25) is 4.79 Å². The highest BCUT2D eigenvalue weighted by Crippen LogP contribution is 2.21. The molecule has 0 N–H and O–H groups in total. The van der Waals surface area contributed by atoms with Gasteiger partial charge in [0, 0.05) is 6.42 Å². The molecule has 0 bridgehead atoms. The molecule has 0 atom stereocenters. The number of carbonyl (C=O) groups excluding carboxylic acids is 1. The summed E-state index contributed by atoms with van der Waals surface area (Å²) in [6.07, 6.45) is 24.8. The summed E-state index contributed by atoms with van der Waals surface area (Å²) >= 11 is 0. The summed E-state index contributed by atoms with van der Waals surface area (Å²) in [5.74, 6) is 0.757. The molecule has 0 saturated carbocycles. The van der Waals surface area contributed by atoms with E-state index in [1.54, 1.807) is 24.8 Å². The van der Waals surface area contributed by atoms with Crippen molar-refractivity contribution in [2.75, 3.05) is 0 Å². The summed E-state index contributed by atoms with van der Waals surface area (Å²) in [5.41, 5.74) is 0.802. The second-order valence-corrected chi connectivity index (χ2v) is 7.45. The van der Waals surface area contributed by atoms with Gasteiger partial charge in [0.15, 0.2) is 5.76 Å². The Kier molecular flexibility index (Phi) is 11.1. The quantitative estimate of drug-likeness (QED) is 0.168. The minimum absolute atomic E-state index is 0.0198. The lowest BCUT2D eigenvalue weighted by molar-refractivity contribution is 0.0946. The summed E-state index contributed by atoms with van der Waals surface area (Å²) < 4.78 is 10.5. The molecule has 0 radical (unpaired) electrons. The van der Waals surface area contributed by atoms with Crippen LogP contribution in [0.1, 0.15) is 101 Å². The summed E-state index contributed by atoms with van der Waals surface area (Å²) in [6, 6.07) is 1.79. The minimum Gasteiger partial charge on any atom is -0.472 e. The standard InChI is InChI=1S/C24H35NO3/c1-2-3-4-5-6-7-8-9-10-11-12-13-14-15-16-22(26)24-25-19-23(28-24)21-17-18-27-20-21/h9-10,17-20H,2-8,11-16H2,1H3/b10-9-. The Bertz CT molecular complexity index is 670. The van der Waals surface area contributed by atoms with Crippen LogP contribution >= 0.6 is 0 Å². The number of hydrogen-bond donors (Lipinski definition) is 0. The molecule has 0 unspecified atom stereocenters. The molecule has 2 aromatic heterocycles. The van der Waals surface area contributed by atoms with E-state index in [4.69, 9.17) is 8.83 Å². The minimum atomic E-state index is -0.0198. The normalized spacial score (nSPS) is 11.5. The Morgan fingerprint density at radius 2 is 1.64 bits per heavy atom. The van der Waals surface area contributed by atoms with Gasteiger partial charge in [0.05, 0.1) is 18.0 Å². The van der Waals surface area contributed by atoms with Crippen LogP contribution in [0, 0.1) is 0 Å².